The van der Waals surface area contributed by atoms with Crippen molar-refractivity contribution < 1.29 is 15.0 Å². The maximum absolute atomic E-state index is 13.0. The van der Waals surface area contributed by atoms with Crippen LogP contribution in [0.3, 0.4) is 0 Å². The molecule has 2 aliphatic rings. The molecule has 1 atom stereocenters. The number of hydrogen-bond donors (Lipinski definition) is 2. The van der Waals surface area contributed by atoms with Gasteiger partial charge in [-0.2, -0.15) is 0 Å². The summed E-state index contributed by atoms with van der Waals surface area (Å²) >= 11 is 0. The summed E-state index contributed by atoms with van der Waals surface area (Å²) in [5, 5.41) is 20.4. The molecule has 0 saturated carbocycles. The van der Waals surface area contributed by atoms with E-state index in [1.165, 1.54) is 17.2 Å². The first-order valence-electron chi connectivity index (χ1n) is 9.82. The van der Waals surface area contributed by atoms with Gasteiger partial charge in [0.05, 0.1) is 17.4 Å². The quantitative estimate of drug-likeness (QED) is 0.844. The van der Waals surface area contributed by atoms with Crippen molar-refractivity contribution in [2.24, 2.45) is 0 Å². The number of nitrogens with zero attached hydrogens (tertiary/aromatic N) is 3. The van der Waals surface area contributed by atoms with Crippen molar-refractivity contribution >= 4 is 11.6 Å². The average molecular weight is 381 g/mol. The molecule has 0 bridgehead atoms. The molecule has 4 rings (SSSR count). The molecule has 2 aromatic carbocycles. The first-order chi connectivity index (χ1) is 13.5. The number of aliphatic hydroxyl groups excluding tert-OH is 1. The van der Waals surface area contributed by atoms with E-state index in [1.807, 2.05) is 11.9 Å². The highest BCUT2D eigenvalue weighted by Gasteiger charge is 2.27. The van der Waals surface area contributed by atoms with Crippen molar-refractivity contribution in [3.63, 3.8) is 0 Å². The fraction of sp³-hybridized carbons (Fsp3) is 0.409. The van der Waals surface area contributed by atoms with Crippen LogP contribution in [0, 0.1) is 0 Å². The van der Waals surface area contributed by atoms with Crippen LogP contribution in [0.4, 0.5) is 5.69 Å². The van der Waals surface area contributed by atoms with Crippen LogP contribution in [0.5, 0.6) is 5.75 Å². The van der Waals surface area contributed by atoms with Gasteiger partial charge in [0.1, 0.15) is 5.75 Å². The lowest BCUT2D eigenvalue weighted by molar-refractivity contribution is 0.0521. The number of amides is 1. The van der Waals surface area contributed by atoms with Crippen molar-refractivity contribution in [2.45, 2.75) is 19.1 Å². The third kappa shape index (κ3) is 3.84. The number of anilines is 1. The lowest BCUT2D eigenvalue weighted by atomic mass is 10.00. The van der Waals surface area contributed by atoms with E-state index in [-0.39, 0.29) is 11.7 Å². The molecule has 2 heterocycles. The molecule has 6 heteroatoms. The van der Waals surface area contributed by atoms with E-state index in [0.717, 1.165) is 25.2 Å². The number of aliphatic hydroxyl groups is 1. The molecular weight excluding hydrogens is 354 g/mol. The standard InChI is InChI=1S/C22H27N3O3/c1-23-10-11-25(22(28)20-7-6-18(26)12-21(20)23)15-19(27)14-24-9-8-16-4-2-3-5-17(16)13-24/h2-7,12,19,26-27H,8-11,13-15H2,1H3/t19-/m1/s1. The van der Waals surface area contributed by atoms with E-state index in [1.54, 1.807) is 17.0 Å². The fourth-order valence-electron chi connectivity index (χ4n) is 4.17. The number of likely N-dealkylation sites (N-methyl/N-ethyl adjacent to an activating group) is 1. The summed E-state index contributed by atoms with van der Waals surface area (Å²) in [5.74, 6) is 0.0552. The number of fused-ring (bicyclic) bond motifs is 2. The van der Waals surface area contributed by atoms with Gasteiger partial charge in [-0.05, 0) is 29.7 Å². The lowest BCUT2D eigenvalue weighted by Crippen LogP contribution is -2.44. The lowest BCUT2D eigenvalue weighted by Gasteiger charge is -2.32. The van der Waals surface area contributed by atoms with Crippen molar-refractivity contribution in [1.82, 2.24) is 9.80 Å². The van der Waals surface area contributed by atoms with E-state index >= 15 is 0 Å². The first-order valence-corrected chi connectivity index (χ1v) is 9.82. The number of benzene rings is 2. The minimum absolute atomic E-state index is 0.0950. The molecule has 0 spiro atoms. The second-order valence-electron chi connectivity index (χ2n) is 7.78. The normalized spacial score (nSPS) is 18.4. The number of phenols is 1. The van der Waals surface area contributed by atoms with Crippen molar-refractivity contribution in [3.8, 4) is 5.75 Å². The van der Waals surface area contributed by atoms with E-state index in [9.17, 15) is 15.0 Å². The molecule has 0 aliphatic carbocycles. The predicted molar refractivity (Wildman–Crippen MR) is 109 cm³/mol. The van der Waals surface area contributed by atoms with Gasteiger partial charge in [0.25, 0.3) is 5.91 Å². The second-order valence-corrected chi connectivity index (χ2v) is 7.78. The van der Waals surface area contributed by atoms with Crippen LogP contribution >= 0.6 is 0 Å². The Balaban J connectivity index is 1.41. The minimum Gasteiger partial charge on any atom is -0.508 e. The zero-order valence-corrected chi connectivity index (χ0v) is 16.2. The maximum Gasteiger partial charge on any atom is 0.256 e. The molecule has 0 fully saturated rings. The number of phenolic OH excluding ortho intramolecular Hbond substituents is 1. The summed E-state index contributed by atoms with van der Waals surface area (Å²) in [6.07, 6.45) is 0.394. The number of aromatic hydroxyl groups is 1. The fourth-order valence-corrected chi connectivity index (χ4v) is 4.17. The van der Waals surface area contributed by atoms with Gasteiger partial charge in [-0.15, -0.1) is 0 Å². The number of hydrogen-bond acceptors (Lipinski definition) is 5. The van der Waals surface area contributed by atoms with Crippen molar-refractivity contribution in [2.75, 3.05) is 44.7 Å². The summed E-state index contributed by atoms with van der Waals surface area (Å²) in [6.45, 7) is 3.83. The number of carbonyl (C=O) groups is 1. The Hall–Kier alpha value is -2.57. The Bertz CT molecular complexity index is 870. The first kappa shape index (κ1) is 18.8. The summed E-state index contributed by atoms with van der Waals surface area (Å²) in [6, 6.07) is 13.3. The highest BCUT2D eigenvalue weighted by atomic mass is 16.3. The maximum atomic E-state index is 13.0. The number of β-amino-alcohol motifs (C(OH)–C–C–N with tert-alkyl or cyclic N) is 1. The third-order valence-electron chi connectivity index (χ3n) is 5.73. The summed E-state index contributed by atoms with van der Waals surface area (Å²) in [4.78, 5) is 18.9. The van der Waals surface area contributed by atoms with Gasteiger partial charge in [-0.3, -0.25) is 9.69 Å². The Labute approximate surface area is 165 Å². The second kappa shape index (κ2) is 7.81. The van der Waals surface area contributed by atoms with Gasteiger partial charge in [0.2, 0.25) is 0 Å². The van der Waals surface area contributed by atoms with E-state index < -0.39 is 6.10 Å². The van der Waals surface area contributed by atoms with Crippen LogP contribution in [0.15, 0.2) is 42.5 Å². The van der Waals surface area contributed by atoms with Crippen LogP contribution in [-0.2, 0) is 13.0 Å². The van der Waals surface area contributed by atoms with Crippen LogP contribution < -0.4 is 4.90 Å². The molecule has 0 radical (unpaired) electrons. The highest BCUT2D eigenvalue weighted by molar-refractivity contribution is 6.00. The monoisotopic (exact) mass is 381 g/mol. The molecule has 2 aliphatic heterocycles. The molecule has 0 aromatic heterocycles. The Morgan fingerprint density at radius 3 is 2.64 bits per heavy atom. The van der Waals surface area contributed by atoms with Crippen molar-refractivity contribution in [1.29, 1.82) is 0 Å². The molecule has 6 nitrogen and oxygen atoms in total. The largest absolute Gasteiger partial charge is 0.508 e. The third-order valence-corrected chi connectivity index (χ3v) is 5.73. The molecule has 2 aromatic rings. The van der Waals surface area contributed by atoms with Gasteiger partial charge >= 0.3 is 0 Å². The smallest absolute Gasteiger partial charge is 0.256 e. The van der Waals surface area contributed by atoms with E-state index in [0.29, 0.717) is 31.7 Å². The molecule has 28 heavy (non-hydrogen) atoms. The molecular formula is C22H27N3O3. The van der Waals surface area contributed by atoms with E-state index in [4.69, 9.17) is 0 Å². The van der Waals surface area contributed by atoms with Crippen LogP contribution in [-0.4, -0.2) is 71.8 Å². The van der Waals surface area contributed by atoms with Gasteiger partial charge < -0.3 is 20.0 Å². The highest BCUT2D eigenvalue weighted by Crippen LogP contribution is 2.28. The zero-order valence-electron chi connectivity index (χ0n) is 16.2. The summed E-state index contributed by atoms with van der Waals surface area (Å²) in [5.41, 5.74) is 4.01. The summed E-state index contributed by atoms with van der Waals surface area (Å²) < 4.78 is 0. The zero-order chi connectivity index (χ0) is 19.7. The van der Waals surface area contributed by atoms with Crippen LogP contribution in [0.25, 0.3) is 0 Å². The van der Waals surface area contributed by atoms with Gasteiger partial charge in [-0.25, -0.2) is 0 Å². The average Bonchev–Trinajstić information content (AvgIpc) is 2.80. The summed E-state index contributed by atoms with van der Waals surface area (Å²) in [7, 11) is 1.91. The van der Waals surface area contributed by atoms with Gasteiger partial charge in [0.15, 0.2) is 0 Å². The molecule has 148 valence electrons. The molecule has 0 unspecified atom stereocenters. The Kier molecular flexibility index (Phi) is 5.24. The van der Waals surface area contributed by atoms with Gasteiger partial charge in [-0.1, -0.05) is 24.3 Å². The van der Waals surface area contributed by atoms with Crippen LogP contribution in [0.2, 0.25) is 0 Å². The van der Waals surface area contributed by atoms with E-state index in [2.05, 4.69) is 29.2 Å². The SMILES string of the molecule is CN1CCN(C[C@H](O)CN2CCc3ccccc3C2)C(=O)c2ccc(O)cc21. The number of carbonyl (C=O) groups excluding carboxylic acids is 1. The molecule has 2 N–H and O–H groups in total. The minimum atomic E-state index is -0.599. The van der Waals surface area contributed by atoms with Crippen molar-refractivity contribution in [3.05, 3.63) is 59.2 Å². The molecule has 0 saturated heterocycles. The van der Waals surface area contributed by atoms with Gasteiger partial charge in [0, 0.05) is 52.4 Å². The predicted octanol–water partition coefficient (Wildman–Crippen LogP) is 1.70. The topological polar surface area (TPSA) is 67.2 Å². The molecule has 1 amide bonds. The Morgan fingerprint density at radius 1 is 1.04 bits per heavy atom. The van der Waals surface area contributed by atoms with Crippen LogP contribution in [0.1, 0.15) is 21.5 Å². The number of rotatable bonds is 4. The Morgan fingerprint density at radius 2 is 1.82 bits per heavy atom.